The summed E-state index contributed by atoms with van der Waals surface area (Å²) >= 11 is 0. The van der Waals surface area contributed by atoms with E-state index in [0.717, 1.165) is 0 Å². The Morgan fingerprint density at radius 1 is 1.35 bits per heavy atom. The van der Waals surface area contributed by atoms with Crippen molar-refractivity contribution in [1.29, 1.82) is 0 Å². The van der Waals surface area contributed by atoms with Crippen molar-refractivity contribution in [2.24, 2.45) is 5.73 Å². The van der Waals surface area contributed by atoms with E-state index in [4.69, 9.17) is 10.2 Å². The van der Waals surface area contributed by atoms with Gasteiger partial charge in [0.2, 0.25) is 5.91 Å². The predicted molar refractivity (Wildman–Crippen MR) is 73.8 cm³/mol. The topological polar surface area (TPSA) is 99.4 Å². The van der Waals surface area contributed by atoms with E-state index in [9.17, 15) is 14.9 Å². The molecule has 6 nitrogen and oxygen atoms in total. The van der Waals surface area contributed by atoms with Crippen molar-refractivity contribution < 1.29 is 14.1 Å². The molecule has 0 saturated heterocycles. The van der Waals surface area contributed by atoms with E-state index in [1.54, 1.807) is 31.2 Å². The van der Waals surface area contributed by atoms with Gasteiger partial charge in [0.25, 0.3) is 5.69 Å². The van der Waals surface area contributed by atoms with Crippen LogP contribution in [-0.4, -0.2) is 10.8 Å². The highest BCUT2D eigenvalue weighted by Gasteiger charge is 2.13. The second-order valence-electron chi connectivity index (χ2n) is 4.20. The fraction of sp³-hybridized carbons (Fsp3) is 0.0714. The molecule has 0 unspecified atom stereocenters. The summed E-state index contributed by atoms with van der Waals surface area (Å²) in [7, 11) is 0. The van der Waals surface area contributed by atoms with Gasteiger partial charge in [0.05, 0.1) is 4.92 Å². The number of rotatable bonds is 4. The van der Waals surface area contributed by atoms with Crippen molar-refractivity contribution in [2.75, 3.05) is 0 Å². The Balaban J connectivity index is 2.35. The number of carbonyl (C=O) groups excluding carboxylic acids is 1. The molecule has 6 heteroatoms. The molecule has 0 aliphatic rings. The number of primary amides is 1. The van der Waals surface area contributed by atoms with E-state index in [2.05, 4.69) is 0 Å². The van der Waals surface area contributed by atoms with Crippen molar-refractivity contribution in [3.63, 3.8) is 0 Å². The average molecular weight is 272 g/mol. The van der Waals surface area contributed by atoms with Gasteiger partial charge in [-0.3, -0.25) is 14.9 Å². The Hall–Kier alpha value is -2.89. The van der Waals surface area contributed by atoms with Crippen molar-refractivity contribution in [2.45, 2.75) is 6.92 Å². The highest BCUT2D eigenvalue weighted by molar-refractivity contribution is 5.89. The molecule has 102 valence electrons. The SMILES string of the molecule is Cc1ccc(-c2ccc(/C=C\C(N)=O)o2)cc1[N+](=O)[O-]. The van der Waals surface area contributed by atoms with Crippen LogP contribution in [0.1, 0.15) is 11.3 Å². The van der Waals surface area contributed by atoms with Gasteiger partial charge in [0, 0.05) is 23.3 Å². The third-order valence-electron chi connectivity index (χ3n) is 2.73. The summed E-state index contributed by atoms with van der Waals surface area (Å²) in [6, 6.07) is 8.18. The Labute approximate surface area is 114 Å². The number of nitrogens with two attached hydrogens (primary N) is 1. The second kappa shape index (κ2) is 5.40. The van der Waals surface area contributed by atoms with Gasteiger partial charge in [-0.1, -0.05) is 12.1 Å². The molecule has 0 atom stereocenters. The number of benzene rings is 1. The van der Waals surface area contributed by atoms with E-state index in [1.807, 2.05) is 0 Å². The Morgan fingerprint density at radius 3 is 2.75 bits per heavy atom. The number of nitro groups is 1. The second-order valence-corrected chi connectivity index (χ2v) is 4.20. The number of hydrogen-bond donors (Lipinski definition) is 1. The van der Waals surface area contributed by atoms with Crippen LogP contribution in [0.2, 0.25) is 0 Å². The minimum Gasteiger partial charge on any atom is -0.457 e. The lowest BCUT2D eigenvalue weighted by atomic mass is 10.1. The predicted octanol–water partition coefficient (Wildman–Crippen LogP) is 2.66. The quantitative estimate of drug-likeness (QED) is 0.525. The summed E-state index contributed by atoms with van der Waals surface area (Å²) in [5.41, 5.74) is 6.20. The monoisotopic (exact) mass is 272 g/mol. The molecular weight excluding hydrogens is 260 g/mol. The van der Waals surface area contributed by atoms with Crippen LogP contribution in [-0.2, 0) is 4.79 Å². The summed E-state index contributed by atoms with van der Waals surface area (Å²) in [6.45, 7) is 1.67. The first kappa shape index (κ1) is 13.5. The Morgan fingerprint density at radius 2 is 2.10 bits per heavy atom. The molecule has 1 aromatic carbocycles. The third kappa shape index (κ3) is 2.92. The van der Waals surface area contributed by atoms with Gasteiger partial charge in [0.15, 0.2) is 0 Å². The summed E-state index contributed by atoms with van der Waals surface area (Å²) in [6.07, 6.45) is 2.62. The third-order valence-corrected chi connectivity index (χ3v) is 2.73. The molecule has 2 N–H and O–H groups in total. The molecule has 0 saturated carbocycles. The van der Waals surface area contributed by atoms with Crippen LogP contribution in [0.4, 0.5) is 5.69 Å². The lowest BCUT2D eigenvalue weighted by molar-refractivity contribution is -0.385. The Kier molecular flexibility index (Phi) is 3.65. The van der Waals surface area contributed by atoms with Gasteiger partial charge in [-0.25, -0.2) is 0 Å². The van der Waals surface area contributed by atoms with Crippen molar-refractivity contribution in [3.05, 3.63) is 57.8 Å². The van der Waals surface area contributed by atoms with Crippen LogP contribution in [0.25, 0.3) is 17.4 Å². The number of hydrogen-bond acceptors (Lipinski definition) is 4. The first-order valence-electron chi connectivity index (χ1n) is 5.80. The molecular formula is C14H12N2O4. The molecule has 2 rings (SSSR count). The zero-order valence-corrected chi connectivity index (χ0v) is 10.7. The minimum atomic E-state index is -0.575. The first-order valence-corrected chi connectivity index (χ1v) is 5.80. The van der Waals surface area contributed by atoms with Crippen LogP contribution in [0, 0.1) is 17.0 Å². The summed E-state index contributed by atoms with van der Waals surface area (Å²) in [5, 5.41) is 10.9. The zero-order valence-electron chi connectivity index (χ0n) is 10.7. The zero-order chi connectivity index (χ0) is 14.7. The van der Waals surface area contributed by atoms with Crippen LogP contribution in [0.3, 0.4) is 0 Å². The molecule has 0 aliphatic heterocycles. The fourth-order valence-corrected chi connectivity index (χ4v) is 1.72. The van der Waals surface area contributed by atoms with Gasteiger partial charge in [-0.15, -0.1) is 0 Å². The van der Waals surface area contributed by atoms with E-state index in [0.29, 0.717) is 22.6 Å². The molecule has 20 heavy (non-hydrogen) atoms. The molecule has 0 radical (unpaired) electrons. The maximum atomic E-state index is 10.9. The number of nitrogens with zero attached hydrogens (tertiary/aromatic N) is 1. The molecule has 0 bridgehead atoms. The smallest absolute Gasteiger partial charge is 0.273 e. The summed E-state index contributed by atoms with van der Waals surface area (Å²) in [4.78, 5) is 21.1. The van der Waals surface area contributed by atoms with Gasteiger partial charge >= 0.3 is 0 Å². The largest absolute Gasteiger partial charge is 0.457 e. The summed E-state index contributed by atoms with van der Waals surface area (Å²) < 4.78 is 5.48. The van der Waals surface area contributed by atoms with E-state index in [1.165, 1.54) is 18.2 Å². The lowest BCUT2D eigenvalue weighted by Gasteiger charge is -2.00. The molecule has 0 aliphatic carbocycles. The van der Waals surface area contributed by atoms with Crippen LogP contribution in [0.15, 0.2) is 40.8 Å². The number of carbonyl (C=O) groups is 1. The molecule has 2 aromatic rings. The first-order chi connectivity index (χ1) is 9.47. The summed E-state index contributed by atoms with van der Waals surface area (Å²) in [5.74, 6) is 0.355. The highest BCUT2D eigenvalue weighted by Crippen LogP contribution is 2.28. The maximum absolute atomic E-state index is 10.9. The van der Waals surface area contributed by atoms with Crippen LogP contribution < -0.4 is 5.73 Å². The fourth-order valence-electron chi connectivity index (χ4n) is 1.72. The number of aryl methyl sites for hydroxylation is 1. The average Bonchev–Trinajstić information content (AvgIpc) is 2.85. The molecule has 0 fully saturated rings. The Bertz CT molecular complexity index is 701. The van der Waals surface area contributed by atoms with Crippen molar-refractivity contribution in [1.82, 2.24) is 0 Å². The van der Waals surface area contributed by atoms with Gasteiger partial charge in [-0.2, -0.15) is 0 Å². The molecule has 0 spiro atoms. The van der Waals surface area contributed by atoms with Crippen LogP contribution in [0.5, 0.6) is 0 Å². The maximum Gasteiger partial charge on any atom is 0.273 e. The van der Waals surface area contributed by atoms with Gasteiger partial charge in [0.1, 0.15) is 11.5 Å². The normalized spacial score (nSPS) is 10.8. The standard InChI is InChI=1S/C14H12N2O4/c1-9-2-3-10(8-12(9)16(18)19)13-6-4-11(20-13)5-7-14(15)17/h2-8H,1H3,(H2,15,17)/b7-5-. The van der Waals surface area contributed by atoms with E-state index >= 15 is 0 Å². The molecule has 1 amide bonds. The molecule has 1 aromatic heterocycles. The van der Waals surface area contributed by atoms with E-state index in [-0.39, 0.29) is 5.69 Å². The number of furan rings is 1. The van der Waals surface area contributed by atoms with Gasteiger partial charge in [-0.05, 0) is 25.1 Å². The number of amides is 1. The number of nitro benzene ring substituents is 1. The minimum absolute atomic E-state index is 0.0353. The highest BCUT2D eigenvalue weighted by atomic mass is 16.6. The molecule has 1 heterocycles. The van der Waals surface area contributed by atoms with Crippen molar-refractivity contribution in [3.8, 4) is 11.3 Å². The van der Waals surface area contributed by atoms with Crippen LogP contribution >= 0.6 is 0 Å². The van der Waals surface area contributed by atoms with E-state index < -0.39 is 10.8 Å². The van der Waals surface area contributed by atoms with Gasteiger partial charge < -0.3 is 10.2 Å². The van der Waals surface area contributed by atoms with Crippen molar-refractivity contribution >= 4 is 17.7 Å². The lowest BCUT2D eigenvalue weighted by Crippen LogP contribution is -2.04.